The van der Waals surface area contributed by atoms with E-state index in [4.69, 9.17) is 10.4 Å². The Morgan fingerprint density at radius 2 is 1.80 bits per heavy atom. The summed E-state index contributed by atoms with van der Waals surface area (Å²) in [4.78, 5) is 40.1. The van der Waals surface area contributed by atoms with Crippen molar-refractivity contribution in [2.24, 2.45) is 0 Å². The Kier molecular flexibility index (Phi) is 6.15. The molecule has 0 saturated carbocycles. The van der Waals surface area contributed by atoms with Gasteiger partial charge in [-0.2, -0.15) is 5.26 Å². The molecular formula is C22H16N4O4. The fourth-order valence-corrected chi connectivity index (χ4v) is 2.77. The standard InChI is InChI=1S/C22H16N4O4/c23-13-14-4-3-5-16(10-14)20(27)12-21(28)25-19-11-15(17-6-1-2-9-24-17)7-8-18(19)26-22(29)30/h1-11,26H,12H2,(H,25,28)(H,29,30). The number of hydrogen-bond acceptors (Lipinski definition) is 5. The molecule has 1 aromatic heterocycles. The minimum atomic E-state index is -1.29. The summed E-state index contributed by atoms with van der Waals surface area (Å²) >= 11 is 0. The van der Waals surface area contributed by atoms with Crippen LogP contribution in [-0.4, -0.2) is 27.9 Å². The average molecular weight is 400 g/mol. The van der Waals surface area contributed by atoms with Gasteiger partial charge in [0.1, 0.15) is 0 Å². The van der Waals surface area contributed by atoms with Gasteiger partial charge in [-0.3, -0.25) is 19.9 Å². The van der Waals surface area contributed by atoms with E-state index in [1.54, 1.807) is 48.7 Å². The molecule has 0 aliphatic carbocycles. The van der Waals surface area contributed by atoms with Crippen LogP contribution in [0.15, 0.2) is 66.9 Å². The number of nitriles is 1. The van der Waals surface area contributed by atoms with Crippen LogP contribution in [-0.2, 0) is 4.79 Å². The number of anilines is 2. The predicted octanol–water partition coefficient (Wildman–Crippen LogP) is 3.92. The zero-order chi connectivity index (χ0) is 21.5. The molecule has 2 aromatic carbocycles. The molecule has 30 heavy (non-hydrogen) atoms. The Morgan fingerprint density at radius 3 is 2.50 bits per heavy atom. The first-order valence-corrected chi connectivity index (χ1v) is 8.85. The molecule has 8 heteroatoms. The van der Waals surface area contributed by atoms with Crippen molar-refractivity contribution in [3.8, 4) is 17.3 Å². The molecule has 0 aliphatic rings. The molecular weight excluding hydrogens is 384 g/mol. The van der Waals surface area contributed by atoms with Gasteiger partial charge in [0.05, 0.1) is 35.1 Å². The number of carbonyl (C=O) groups excluding carboxylic acids is 2. The molecule has 0 unspecified atom stereocenters. The summed E-state index contributed by atoms with van der Waals surface area (Å²) in [7, 11) is 0. The molecule has 0 radical (unpaired) electrons. The van der Waals surface area contributed by atoms with Crippen LogP contribution in [0.2, 0.25) is 0 Å². The molecule has 0 saturated heterocycles. The third-order valence-electron chi connectivity index (χ3n) is 4.13. The summed E-state index contributed by atoms with van der Waals surface area (Å²) in [5, 5.41) is 22.8. The normalized spacial score (nSPS) is 9.97. The number of benzene rings is 2. The largest absolute Gasteiger partial charge is 0.465 e. The highest BCUT2D eigenvalue weighted by Gasteiger charge is 2.16. The average Bonchev–Trinajstić information content (AvgIpc) is 2.75. The SMILES string of the molecule is N#Cc1cccc(C(=O)CC(=O)Nc2cc(-c3ccccn3)ccc2NC(=O)O)c1. The van der Waals surface area contributed by atoms with Crippen molar-refractivity contribution in [3.05, 3.63) is 78.0 Å². The Hall–Kier alpha value is -4.51. The van der Waals surface area contributed by atoms with Gasteiger partial charge in [0, 0.05) is 17.3 Å². The Bertz CT molecular complexity index is 1150. The Morgan fingerprint density at radius 1 is 0.967 bits per heavy atom. The van der Waals surface area contributed by atoms with Gasteiger partial charge in [-0.25, -0.2) is 4.79 Å². The van der Waals surface area contributed by atoms with E-state index in [-0.39, 0.29) is 16.9 Å². The smallest absolute Gasteiger partial charge is 0.409 e. The Balaban J connectivity index is 1.82. The van der Waals surface area contributed by atoms with Crippen molar-refractivity contribution in [3.63, 3.8) is 0 Å². The molecule has 148 valence electrons. The van der Waals surface area contributed by atoms with E-state index < -0.39 is 24.2 Å². The maximum Gasteiger partial charge on any atom is 0.409 e. The van der Waals surface area contributed by atoms with Crippen molar-refractivity contribution in [1.29, 1.82) is 5.26 Å². The van der Waals surface area contributed by atoms with Crippen LogP contribution in [0.1, 0.15) is 22.3 Å². The van der Waals surface area contributed by atoms with Crippen LogP contribution in [0.25, 0.3) is 11.3 Å². The lowest BCUT2D eigenvalue weighted by atomic mass is 10.0. The summed E-state index contributed by atoms with van der Waals surface area (Å²) in [5.41, 5.74) is 2.22. The van der Waals surface area contributed by atoms with Gasteiger partial charge in [0.25, 0.3) is 0 Å². The van der Waals surface area contributed by atoms with E-state index in [9.17, 15) is 14.4 Å². The van der Waals surface area contributed by atoms with Crippen molar-refractivity contribution < 1.29 is 19.5 Å². The second-order valence-corrected chi connectivity index (χ2v) is 6.25. The van der Waals surface area contributed by atoms with Gasteiger partial charge in [-0.05, 0) is 36.4 Å². The summed E-state index contributed by atoms with van der Waals surface area (Å²) < 4.78 is 0. The first-order valence-electron chi connectivity index (χ1n) is 8.85. The molecule has 0 spiro atoms. The first-order chi connectivity index (χ1) is 14.5. The van der Waals surface area contributed by atoms with Crippen LogP contribution in [0.3, 0.4) is 0 Å². The van der Waals surface area contributed by atoms with Crippen molar-refractivity contribution in [1.82, 2.24) is 4.98 Å². The van der Waals surface area contributed by atoms with E-state index in [1.807, 2.05) is 6.07 Å². The number of rotatable bonds is 6. The molecule has 3 N–H and O–H groups in total. The van der Waals surface area contributed by atoms with E-state index in [0.717, 1.165) is 0 Å². The number of nitrogens with zero attached hydrogens (tertiary/aromatic N) is 2. The number of ketones is 1. The molecule has 2 amide bonds. The predicted molar refractivity (Wildman–Crippen MR) is 110 cm³/mol. The number of Topliss-reactive ketones (excluding diaryl/α,β-unsaturated/α-hetero) is 1. The summed E-state index contributed by atoms with van der Waals surface area (Å²) in [6.45, 7) is 0. The maximum absolute atomic E-state index is 12.4. The van der Waals surface area contributed by atoms with Crippen molar-refractivity contribution in [2.45, 2.75) is 6.42 Å². The molecule has 0 atom stereocenters. The molecule has 0 bridgehead atoms. The monoisotopic (exact) mass is 400 g/mol. The van der Waals surface area contributed by atoms with E-state index >= 15 is 0 Å². The fourth-order valence-electron chi connectivity index (χ4n) is 2.77. The highest BCUT2D eigenvalue weighted by molar-refractivity contribution is 6.12. The molecule has 1 heterocycles. The number of nitrogens with one attached hydrogen (secondary N) is 2. The quantitative estimate of drug-likeness (QED) is 0.424. The van der Waals surface area contributed by atoms with E-state index in [1.165, 1.54) is 18.2 Å². The van der Waals surface area contributed by atoms with Gasteiger partial charge in [0.15, 0.2) is 5.78 Å². The van der Waals surface area contributed by atoms with Crippen molar-refractivity contribution >= 4 is 29.2 Å². The van der Waals surface area contributed by atoms with Gasteiger partial charge >= 0.3 is 6.09 Å². The topological polar surface area (TPSA) is 132 Å². The molecule has 3 rings (SSSR count). The number of amides is 2. The summed E-state index contributed by atoms with van der Waals surface area (Å²) in [6.07, 6.45) is -0.138. The maximum atomic E-state index is 12.4. The first kappa shape index (κ1) is 20.2. The molecule has 0 aliphatic heterocycles. The number of carbonyl (C=O) groups is 3. The van der Waals surface area contributed by atoms with Crippen LogP contribution >= 0.6 is 0 Å². The summed E-state index contributed by atoms with van der Waals surface area (Å²) in [5.74, 6) is -1.08. The van der Waals surface area contributed by atoms with Crippen LogP contribution in [0.5, 0.6) is 0 Å². The molecule has 0 fully saturated rings. The number of carboxylic acid groups (broad SMARTS) is 1. The van der Waals surface area contributed by atoms with E-state index in [0.29, 0.717) is 16.8 Å². The van der Waals surface area contributed by atoms with Crippen molar-refractivity contribution in [2.75, 3.05) is 10.6 Å². The number of pyridine rings is 1. The second kappa shape index (κ2) is 9.12. The van der Waals surface area contributed by atoms with Gasteiger partial charge in [-0.15, -0.1) is 0 Å². The van der Waals surface area contributed by atoms with Gasteiger partial charge in [0.2, 0.25) is 5.91 Å². The second-order valence-electron chi connectivity index (χ2n) is 6.25. The fraction of sp³-hybridized carbons (Fsp3) is 0.0455. The van der Waals surface area contributed by atoms with Gasteiger partial charge < -0.3 is 10.4 Å². The van der Waals surface area contributed by atoms with Crippen LogP contribution < -0.4 is 10.6 Å². The number of aromatic nitrogens is 1. The Labute approximate surface area is 171 Å². The zero-order valence-electron chi connectivity index (χ0n) is 15.6. The highest BCUT2D eigenvalue weighted by atomic mass is 16.4. The number of hydrogen-bond donors (Lipinski definition) is 3. The minimum Gasteiger partial charge on any atom is -0.465 e. The van der Waals surface area contributed by atoms with Gasteiger partial charge in [-0.1, -0.05) is 24.3 Å². The lowest BCUT2D eigenvalue weighted by Crippen LogP contribution is -2.18. The third kappa shape index (κ3) is 5.05. The lowest BCUT2D eigenvalue weighted by molar-refractivity contribution is -0.115. The third-order valence-corrected chi connectivity index (χ3v) is 4.13. The van der Waals surface area contributed by atoms with Crippen LogP contribution in [0.4, 0.5) is 16.2 Å². The summed E-state index contributed by atoms with van der Waals surface area (Å²) in [6, 6.07) is 18.1. The highest BCUT2D eigenvalue weighted by Crippen LogP contribution is 2.28. The molecule has 8 nitrogen and oxygen atoms in total. The van der Waals surface area contributed by atoms with E-state index in [2.05, 4.69) is 15.6 Å². The van der Waals surface area contributed by atoms with Crippen LogP contribution in [0, 0.1) is 11.3 Å². The zero-order valence-corrected chi connectivity index (χ0v) is 15.6. The lowest BCUT2D eigenvalue weighted by Gasteiger charge is -2.13. The molecule has 3 aromatic rings. The minimum absolute atomic E-state index is 0.162.